The van der Waals surface area contributed by atoms with E-state index < -0.39 is 0 Å². The summed E-state index contributed by atoms with van der Waals surface area (Å²) in [6.45, 7) is 2.45. The normalized spacial score (nSPS) is 12.2. The summed E-state index contributed by atoms with van der Waals surface area (Å²) in [5.74, 6) is 0.856. The van der Waals surface area contributed by atoms with Gasteiger partial charge in [0.15, 0.2) is 0 Å². The molecule has 1 atom stereocenters. The number of hydrogen-bond donors (Lipinski definition) is 1. The third-order valence-electron chi connectivity index (χ3n) is 2.87. The lowest BCUT2D eigenvalue weighted by Crippen LogP contribution is -2.19. The molecule has 100 valence electrons. The summed E-state index contributed by atoms with van der Waals surface area (Å²) in [6.07, 6.45) is -0.157. The lowest BCUT2D eigenvalue weighted by molar-refractivity contribution is 0.212. The minimum absolute atomic E-state index is 0.157. The molecule has 0 heterocycles. The Morgan fingerprint density at radius 1 is 1.16 bits per heavy atom. The SMILES string of the molecule is Cc1cc(Br)ccc1OC(CN)c1ccccc1Br. The molecule has 1 unspecified atom stereocenters. The van der Waals surface area contributed by atoms with E-state index in [0.717, 1.165) is 25.8 Å². The Balaban J connectivity index is 2.27. The van der Waals surface area contributed by atoms with Crippen molar-refractivity contribution in [1.29, 1.82) is 0 Å². The second-order valence-corrected chi connectivity index (χ2v) is 6.04. The van der Waals surface area contributed by atoms with Gasteiger partial charge in [0, 0.05) is 21.1 Å². The van der Waals surface area contributed by atoms with Crippen molar-refractivity contribution in [1.82, 2.24) is 0 Å². The first-order chi connectivity index (χ1) is 9.11. The molecule has 2 aromatic rings. The summed E-state index contributed by atoms with van der Waals surface area (Å²) in [7, 11) is 0. The van der Waals surface area contributed by atoms with Gasteiger partial charge in [-0.15, -0.1) is 0 Å². The zero-order valence-corrected chi connectivity index (χ0v) is 13.7. The van der Waals surface area contributed by atoms with Gasteiger partial charge in [-0.25, -0.2) is 0 Å². The Labute approximate surface area is 130 Å². The molecule has 0 fully saturated rings. The maximum absolute atomic E-state index is 6.04. The number of rotatable bonds is 4. The molecule has 2 N–H and O–H groups in total. The van der Waals surface area contributed by atoms with Crippen molar-refractivity contribution in [3.63, 3.8) is 0 Å². The summed E-state index contributed by atoms with van der Waals surface area (Å²) in [5.41, 5.74) is 7.99. The van der Waals surface area contributed by atoms with Gasteiger partial charge in [0.2, 0.25) is 0 Å². The maximum atomic E-state index is 6.04. The summed E-state index contributed by atoms with van der Waals surface area (Å²) in [5, 5.41) is 0. The van der Waals surface area contributed by atoms with Gasteiger partial charge in [0.25, 0.3) is 0 Å². The van der Waals surface area contributed by atoms with Crippen LogP contribution in [0.2, 0.25) is 0 Å². The highest BCUT2D eigenvalue weighted by molar-refractivity contribution is 9.10. The number of nitrogens with two attached hydrogens (primary N) is 1. The first-order valence-corrected chi connectivity index (χ1v) is 7.57. The third kappa shape index (κ3) is 3.59. The Hall–Kier alpha value is -0.840. The van der Waals surface area contributed by atoms with Crippen molar-refractivity contribution >= 4 is 31.9 Å². The minimum atomic E-state index is -0.157. The van der Waals surface area contributed by atoms with Crippen molar-refractivity contribution in [2.24, 2.45) is 5.73 Å². The van der Waals surface area contributed by atoms with E-state index in [1.165, 1.54) is 0 Å². The average Bonchev–Trinajstić information content (AvgIpc) is 2.39. The molecule has 0 aromatic heterocycles. The van der Waals surface area contributed by atoms with Gasteiger partial charge < -0.3 is 10.5 Å². The van der Waals surface area contributed by atoms with E-state index in [0.29, 0.717) is 6.54 Å². The predicted octanol–water partition coefficient (Wildman–Crippen LogP) is 4.60. The van der Waals surface area contributed by atoms with Crippen LogP contribution in [0.25, 0.3) is 0 Å². The van der Waals surface area contributed by atoms with Gasteiger partial charge in [-0.05, 0) is 36.8 Å². The van der Waals surface area contributed by atoms with Crippen molar-refractivity contribution in [2.45, 2.75) is 13.0 Å². The fraction of sp³-hybridized carbons (Fsp3) is 0.200. The molecule has 0 radical (unpaired) electrons. The molecule has 0 saturated heterocycles. The highest BCUT2D eigenvalue weighted by atomic mass is 79.9. The van der Waals surface area contributed by atoms with E-state index in [1.54, 1.807) is 0 Å². The summed E-state index contributed by atoms with van der Waals surface area (Å²) < 4.78 is 8.10. The topological polar surface area (TPSA) is 35.2 Å². The van der Waals surface area contributed by atoms with Gasteiger partial charge in [0.05, 0.1) is 0 Å². The maximum Gasteiger partial charge on any atom is 0.137 e. The molecular weight excluding hydrogens is 370 g/mol. The smallest absolute Gasteiger partial charge is 0.137 e. The quantitative estimate of drug-likeness (QED) is 0.835. The number of halogens is 2. The van der Waals surface area contributed by atoms with Gasteiger partial charge in [0.1, 0.15) is 11.9 Å². The van der Waals surface area contributed by atoms with Crippen LogP contribution in [-0.2, 0) is 0 Å². The highest BCUT2D eigenvalue weighted by Crippen LogP contribution is 2.30. The highest BCUT2D eigenvalue weighted by Gasteiger charge is 2.15. The van der Waals surface area contributed by atoms with Crippen LogP contribution >= 0.6 is 31.9 Å². The minimum Gasteiger partial charge on any atom is -0.484 e. The Bertz CT molecular complexity index is 572. The van der Waals surface area contributed by atoms with Crippen LogP contribution in [0, 0.1) is 6.92 Å². The molecule has 0 aliphatic carbocycles. The van der Waals surface area contributed by atoms with E-state index in [1.807, 2.05) is 49.4 Å². The summed E-state index contributed by atoms with van der Waals surface area (Å²) in [6, 6.07) is 13.9. The Morgan fingerprint density at radius 2 is 1.89 bits per heavy atom. The standard InChI is InChI=1S/C15H15Br2NO/c1-10-8-11(16)6-7-14(10)19-15(9-18)12-4-2-3-5-13(12)17/h2-8,15H,9,18H2,1H3. The van der Waals surface area contributed by atoms with E-state index >= 15 is 0 Å². The van der Waals surface area contributed by atoms with Crippen LogP contribution in [-0.4, -0.2) is 6.54 Å². The summed E-state index contributed by atoms with van der Waals surface area (Å²) in [4.78, 5) is 0. The first-order valence-electron chi connectivity index (χ1n) is 5.99. The molecule has 19 heavy (non-hydrogen) atoms. The zero-order chi connectivity index (χ0) is 13.8. The lowest BCUT2D eigenvalue weighted by Gasteiger charge is -2.20. The van der Waals surface area contributed by atoms with E-state index in [4.69, 9.17) is 10.5 Å². The van der Waals surface area contributed by atoms with E-state index in [9.17, 15) is 0 Å². The third-order valence-corrected chi connectivity index (χ3v) is 4.09. The largest absolute Gasteiger partial charge is 0.484 e. The molecule has 0 amide bonds. The van der Waals surface area contributed by atoms with Crippen LogP contribution in [0.5, 0.6) is 5.75 Å². The van der Waals surface area contributed by atoms with Gasteiger partial charge in [-0.2, -0.15) is 0 Å². The predicted molar refractivity (Wildman–Crippen MR) is 85.4 cm³/mol. The van der Waals surface area contributed by atoms with Crippen LogP contribution in [0.3, 0.4) is 0 Å². The van der Waals surface area contributed by atoms with Gasteiger partial charge >= 0.3 is 0 Å². The Kier molecular flexibility index (Phi) is 5.02. The molecule has 2 aromatic carbocycles. The molecule has 4 heteroatoms. The molecular formula is C15H15Br2NO. The van der Waals surface area contributed by atoms with E-state index in [-0.39, 0.29) is 6.10 Å². The second kappa shape index (κ2) is 6.55. The molecule has 0 saturated carbocycles. The molecule has 0 aliphatic heterocycles. The average molecular weight is 385 g/mol. The van der Waals surface area contributed by atoms with Crippen LogP contribution in [0.1, 0.15) is 17.2 Å². The van der Waals surface area contributed by atoms with Crippen molar-refractivity contribution in [3.8, 4) is 5.75 Å². The molecule has 0 bridgehead atoms. The monoisotopic (exact) mass is 383 g/mol. The number of benzene rings is 2. The second-order valence-electron chi connectivity index (χ2n) is 4.27. The number of aryl methyl sites for hydroxylation is 1. The molecule has 2 nitrogen and oxygen atoms in total. The molecule has 0 aliphatic rings. The number of hydrogen-bond acceptors (Lipinski definition) is 2. The van der Waals surface area contributed by atoms with Crippen molar-refractivity contribution in [2.75, 3.05) is 6.54 Å². The van der Waals surface area contributed by atoms with Crippen LogP contribution in [0.4, 0.5) is 0 Å². The van der Waals surface area contributed by atoms with Gasteiger partial charge in [-0.1, -0.05) is 50.1 Å². The summed E-state index contributed by atoms with van der Waals surface area (Å²) >= 11 is 6.99. The van der Waals surface area contributed by atoms with Crippen molar-refractivity contribution in [3.05, 3.63) is 62.5 Å². The fourth-order valence-electron chi connectivity index (χ4n) is 1.87. The van der Waals surface area contributed by atoms with E-state index in [2.05, 4.69) is 31.9 Å². The van der Waals surface area contributed by atoms with Crippen molar-refractivity contribution < 1.29 is 4.74 Å². The lowest BCUT2D eigenvalue weighted by atomic mass is 10.1. The van der Waals surface area contributed by atoms with Crippen LogP contribution in [0.15, 0.2) is 51.4 Å². The fourth-order valence-corrected chi connectivity index (χ4v) is 2.89. The first kappa shape index (κ1) is 14.6. The molecule has 2 rings (SSSR count). The van der Waals surface area contributed by atoms with Gasteiger partial charge in [-0.3, -0.25) is 0 Å². The van der Waals surface area contributed by atoms with Crippen LogP contribution < -0.4 is 10.5 Å². The Morgan fingerprint density at radius 3 is 2.53 bits per heavy atom. The zero-order valence-electron chi connectivity index (χ0n) is 10.6. The molecule has 0 spiro atoms. The number of ether oxygens (including phenoxy) is 1.